The van der Waals surface area contributed by atoms with E-state index in [1.165, 1.54) is 25.7 Å². The summed E-state index contributed by atoms with van der Waals surface area (Å²) in [6.45, 7) is 1.40. The third-order valence-corrected chi connectivity index (χ3v) is 6.25. The molecule has 1 saturated carbocycles. The first-order valence-corrected chi connectivity index (χ1v) is 11.6. The van der Waals surface area contributed by atoms with Crippen molar-refractivity contribution in [2.75, 3.05) is 18.4 Å². The summed E-state index contributed by atoms with van der Waals surface area (Å²) in [4.78, 5) is 27.2. The number of hydrogen-bond donors (Lipinski definition) is 2. The highest BCUT2D eigenvalue weighted by Gasteiger charge is 2.18. The number of hydrogen-bond acceptors (Lipinski definition) is 3. The molecule has 31 heavy (non-hydrogen) atoms. The SMILES string of the molecule is NCCCN(Cc1cc(NC(=O)CCC2CCCC2)ccc1Cl)C(=O)c1ccccc1. The molecular formula is C25H32ClN3O2. The Kier molecular flexibility index (Phi) is 8.92. The highest BCUT2D eigenvalue weighted by molar-refractivity contribution is 6.31. The summed E-state index contributed by atoms with van der Waals surface area (Å²) in [5.41, 5.74) is 7.82. The maximum atomic E-state index is 13.0. The van der Waals surface area contributed by atoms with Gasteiger partial charge in [0.25, 0.3) is 5.91 Å². The summed E-state index contributed by atoms with van der Waals surface area (Å²) in [6, 6.07) is 14.6. The molecule has 0 radical (unpaired) electrons. The summed E-state index contributed by atoms with van der Waals surface area (Å²) < 4.78 is 0. The highest BCUT2D eigenvalue weighted by Crippen LogP contribution is 2.29. The average Bonchev–Trinajstić information content (AvgIpc) is 3.31. The number of benzene rings is 2. The molecule has 0 atom stereocenters. The predicted octanol–water partition coefficient (Wildman–Crippen LogP) is 5.24. The lowest BCUT2D eigenvalue weighted by molar-refractivity contribution is -0.116. The van der Waals surface area contributed by atoms with E-state index in [9.17, 15) is 9.59 Å². The summed E-state index contributed by atoms with van der Waals surface area (Å²) in [6.07, 6.45) is 7.25. The quantitative estimate of drug-likeness (QED) is 0.529. The van der Waals surface area contributed by atoms with Crippen LogP contribution >= 0.6 is 11.6 Å². The fourth-order valence-corrected chi connectivity index (χ4v) is 4.31. The number of amides is 2. The molecule has 0 aromatic heterocycles. The number of carbonyl (C=O) groups is 2. The molecule has 1 aliphatic rings. The van der Waals surface area contributed by atoms with Gasteiger partial charge in [-0.3, -0.25) is 9.59 Å². The third-order valence-electron chi connectivity index (χ3n) is 5.89. The molecule has 0 unspecified atom stereocenters. The van der Waals surface area contributed by atoms with E-state index < -0.39 is 0 Å². The van der Waals surface area contributed by atoms with Crippen LogP contribution in [0.4, 0.5) is 5.69 Å². The van der Waals surface area contributed by atoms with Crippen LogP contribution in [0.5, 0.6) is 0 Å². The first-order valence-electron chi connectivity index (χ1n) is 11.2. The van der Waals surface area contributed by atoms with Gasteiger partial charge in [0.15, 0.2) is 0 Å². The fraction of sp³-hybridized carbons (Fsp3) is 0.440. The van der Waals surface area contributed by atoms with E-state index in [0.29, 0.717) is 54.7 Å². The molecule has 0 heterocycles. The van der Waals surface area contributed by atoms with Crippen LogP contribution in [0.1, 0.15) is 60.9 Å². The molecule has 0 spiro atoms. The molecule has 2 amide bonds. The van der Waals surface area contributed by atoms with E-state index in [4.69, 9.17) is 17.3 Å². The molecule has 0 aliphatic heterocycles. The number of nitrogens with zero attached hydrogens (tertiary/aromatic N) is 1. The molecule has 2 aromatic carbocycles. The lowest BCUT2D eigenvalue weighted by Crippen LogP contribution is -2.32. The Bertz CT molecular complexity index is 866. The Morgan fingerprint density at radius 3 is 2.55 bits per heavy atom. The number of anilines is 1. The van der Waals surface area contributed by atoms with Crippen LogP contribution in [0, 0.1) is 5.92 Å². The van der Waals surface area contributed by atoms with Crippen LogP contribution in [0.25, 0.3) is 0 Å². The molecule has 1 aliphatic carbocycles. The van der Waals surface area contributed by atoms with Crippen molar-refractivity contribution in [1.82, 2.24) is 4.90 Å². The van der Waals surface area contributed by atoms with Gasteiger partial charge in [-0.15, -0.1) is 0 Å². The monoisotopic (exact) mass is 441 g/mol. The van der Waals surface area contributed by atoms with Gasteiger partial charge in [0.1, 0.15) is 0 Å². The van der Waals surface area contributed by atoms with E-state index in [1.807, 2.05) is 30.3 Å². The summed E-state index contributed by atoms with van der Waals surface area (Å²) in [5.74, 6) is 0.656. The molecule has 1 fully saturated rings. The maximum absolute atomic E-state index is 13.0. The second-order valence-electron chi connectivity index (χ2n) is 8.28. The lowest BCUT2D eigenvalue weighted by atomic mass is 10.0. The zero-order chi connectivity index (χ0) is 22.1. The van der Waals surface area contributed by atoms with Crippen molar-refractivity contribution in [2.45, 2.75) is 51.5 Å². The highest BCUT2D eigenvalue weighted by atomic mass is 35.5. The average molecular weight is 442 g/mol. The van der Waals surface area contributed by atoms with E-state index in [1.54, 1.807) is 23.1 Å². The standard InChI is InChI=1S/C25H32ClN3O2/c26-23-13-12-22(28-24(30)14-11-19-7-4-5-8-19)17-21(23)18-29(16-6-15-27)25(31)20-9-2-1-3-10-20/h1-3,9-10,12-13,17,19H,4-8,11,14-16,18,27H2,(H,28,30). The minimum atomic E-state index is -0.0591. The van der Waals surface area contributed by atoms with Crippen molar-refractivity contribution >= 4 is 29.1 Å². The van der Waals surface area contributed by atoms with E-state index in [2.05, 4.69) is 5.32 Å². The minimum absolute atomic E-state index is 0.0283. The largest absolute Gasteiger partial charge is 0.334 e. The van der Waals surface area contributed by atoms with Gasteiger partial charge in [0.2, 0.25) is 5.91 Å². The first-order chi connectivity index (χ1) is 15.1. The molecule has 3 N–H and O–H groups in total. The van der Waals surface area contributed by atoms with Crippen LogP contribution in [0.2, 0.25) is 5.02 Å². The van der Waals surface area contributed by atoms with Gasteiger partial charge in [0, 0.05) is 35.8 Å². The lowest BCUT2D eigenvalue weighted by Gasteiger charge is -2.24. The molecule has 0 saturated heterocycles. The molecule has 3 rings (SSSR count). The van der Waals surface area contributed by atoms with Gasteiger partial charge in [-0.25, -0.2) is 0 Å². The number of rotatable bonds is 10. The molecule has 5 nitrogen and oxygen atoms in total. The van der Waals surface area contributed by atoms with Gasteiger partial charge in [0.05, 0.1) is 0 Å². The zero-order valence-electron chi connectivity index (χ0n) is 18.0. The van der Waals surface area contributed by atoms with Gasteiger partial charge >= 0.3 is 0 Å². The second-order valence-corrected chi connectivity index (χ2v) is 8.69. The van der Waals surface area contributed by atoms with Crippen LogP contribution in [0.15, 0.2) is 48.5 Å². The van der Waals surface area contributed by atoms with Crippen molar-refractivity contribution in [3.8, 4) is 0 Å². The molecule has 6 heteroatoms. The molecule has 166 valence electrons. The predicted molar refractivity (Wildman–Crippen MR) is 126 cm³/mol. The summed E-state index contributed by atoms with van der Waals surface area (Å²) in [7, 11) is 0. The first kappa shape index (κ1) is 23.3. The summed E-state index contributed by atoms with van der Waals surface area (Å²) >= 11 is 6.43. The number of nitrogens with one attached hydrogen (secondary N) is 1. The van der Waals surface area contributed by atoms with Crippen molar-refractivity contribution in [2.24, 2.45) is 11.7 Å². The topological polar surface area (TPSA) is 75.4 Å². The van der Waals surface area contributed by atoms with Crippen LogP contribution in [-0.2, 0) is 11.3 Å². The smallest absolute Gasteiger partial charge is 0.254 e. The number of nitrogens with two attached hydrogens (primary N) is 1. The normalized spacial score (nSPS) is 13.9. The van der Waals surface area contributed by atoms with E-state index >= 15 is 0 Å². The van der Waals surface area contributed by atoms with E-state index in [-0.39, 0.29) is 11.8 Å². The van der Waals surface area contributed by atoms with E-state index in [0.717, 1.165) is 12.0 Å². The van der Waals surface area contributed by atoms with Crippen molar-refractivity contribution in [3.05, 3.63) is 64.7 Å². The Morgan fingerprint density at radius 2 is 1.84 bits per heavy atom. The Labute approximate surface area is 190 Å². The molecule has 2 aromatic rings. The van der Waals surface area contributed by atoms with Crippen molar-refractivity contribution in [1.29, 1.82) is 0 Å². The van der Waals surface area contributed by atoms with Crippen molar-refractivity contribution in [3.63, 3.8) is 0 Å². The van der Waals surface area contributed by atoms with Gasteiger partial charge in [-0.2, -0.15) is 0 Å². The zero-order valence-corrected chi connectivity index (χ0v) is 18.7. The van der Waals surface area contributed by atoms with Crippen LogP contribution in [0.3, 0.4) is 0 Å². The van der Waals surface area contributed by atoms with Crippen LogP contribution < -0.4 is 11.1 Å². The Balaban J connectivity index is 1.66. The second kappa shape index (κ2) is 11.9. The minimum Gasteiger partial charge on any atom is -0.334 e. The van der Waals surface area contributed by atoms with Gasteiger partial charge < -0.3 is 16.0 Å². The third kappa shape index (κ3) is 7.08. The summed E-state index contributed by atoms with van der Waals surface area (Å²) in [5, 5.41) is 3.56. The fourth-order valence-electron chi connectivity index (χ4n) is 4.13. The van der Waals surface area contributed by atoms with Gasteiger partial charge in [-0.05, 0) is 61.2 Å². The Hall–Kier alpha value is -2.37. The van der Waals surface area contributed by atoms with Crippen molar-refractivity contribution < 1.29 is 9.59 Å². The number of carbonyl (C=O) groups excluding carboxylic acids is 2. The Morgan fingerprint density at radius 1 is 1.10 bits per heavy atom. The maximum Gasteiger partial charge on any atom is 0.254 e. The van der Waals surface area contributed by atoms with Gasteiger partial charge in [-0.1, -0.05) is 55.5 Å². The molecular weight excluding hydrogens is 410 g/mol. The van der Waals surface area contributed by atoms with Crippen LogP contribution in [-0.4, -0.2) is 29.8 Å². The number of halogens is 1. The molecule has 0 bridgehead atoms.